The molecule has 1 fully saturated rings. The molecule has 1 aliphatic rings. The lowest BCUT2D eigenvalue weighted by Crippen LogP contribution is -3.14. The summed E-state index contributed by atoms with van der Waals surface area (Å²) >= 11 is 0. The minimum atomic E-state index is 0. The monoisotopic (exact) mass is 347 g/mol. The Bertz CT molecular complexity index is 251. The zero-order valence-electron chi connectivity index (χ0n) is 15.8. The molecular formula is C19H42ClN3. The van der Waals surface area contributed by atoms with E-state index in [9.17, 15) is 0 Å². The van der Waals surface area contributed by atoms with Gasteiger partial charge in [-0.2, -0.15) is 0 Å². The highest BCUT2D eigenvalue weighted by Gasteiger charge is 2.30. The summed E-state index contributed by atoms with van der Waals surface area (Å²) in [7, 11) is 0. The molecule has 4 heteroatoms. The highest BCUT2D eigenvalue weighted by molar-refractivity contribution is 4.64. The molecule has 0 radical (unpaired) electrons. The molecule has 0 aromatic carbocycles. The predicted octanol–water partition coefficient (Wildman–Crippen LogP) is -0.193. The van der Waals surface area contributed by atoms with Crippen molar-refractivity contribution >= 4 is 0 Å². The summed E-state index contributed by atoms with van der Waals surface area (Å²) in [5.74, 6) is 0. The molecule has 3 nitrogen and oxygen atoms in total. The molecule has 0 aromatic heterocycles. The summed E-state index contributed by atoms with van der Waals surface area (Å²) < 4.78 is 0. The molecule has 1 aliphatic heterocycles. The van der Waals surface area contributed by atoms with Crippen LogP contribution in [0.25, 0.3) is 0 Å². The smallest absolute Gasteiger partial charge is 0.141 e. The summed E-state index contributed by atoms with van der Waals surface area (Å²) in [6, 6.07) is 0. The van der Waals surface area contributed by atoms with Gasteiger partial charge in [-0.1, -0.05) is 64.7 Å². The van der Waals surface area contributed by atoms with Gasteiger partial charge in [0.25, 0.3) is 0 Å². The highest BCUT2D eigenvalue weighted by Crippen LogP contribution is 2.11. The molecule has 23 heavy (non-hydrogen) atoms. The Morgan fingerprint density at radius 1 is 0.913 bits per heavy atom. The molecule has 0 spiro atoms. The molecule has 0 aromatic rings. The Balaban J connectivity index is 0.00000484. The number of nitrogens with two attached hydrogens (primary N) is 1. The van der Waals surface area contributed by atoms with Crippen LogP contribution in [0.15, 0.2) is 0 Å². The van der Waals surface area contributed by atoms with Crippen LogP contribution >= 0.6 is 0 Å². The first-order valence-electron chi connectivity index (χ1n) is 10.1. The Morgan fingerprint density at radius 2 is 1.48 bits per heavy atom. The van der Waals surface area contributed by atoms with E-state index in [0.717, 1.165) is 6.54 Å². The molecule has 2 unspecified atom stereocenters. The van der Waals surface area contributed by atoms with Gasteiger partial charge in [-0.15, -0.1) is 0 Å². The van der Waals surface area contributed by atoms with Gasteiger partial charge < -0.3 is 23.0 Å². The fourth-order valence-corrected chi connectivity index (χ4v) is 3.72. The number of nitrogens with one attached hydrogen (secondary N) is 1. The molecular weight excluding hydrogens is 306 g/mol. The lowest BCUT2D eigenvalue weighted by atomic mass is 10.1. The second-order valence-electron chi connectivity index (χ2n) is 7.19. The van der Waals surface area contributed by atoms with Crippen molar-refractivity contribution < 1.29 is 17.3 Å². The first kappa shape index (κ1) is 23.2. The summed E-state index contributed by atoms with van der Waals surface area (Å²) in [5, 5.41) is 0. The number of unbranched alkanes of at least 4 members (excludes halogenated alkanes) is 9. The normalized spacial score (nSPS) is 21.5. The van der Waals surface area contributed by atoms with Crippen LogP contribution in [0.5, 0.6) is 0 Å². The number of quaternary nitrogens is 1. The van der Waals surface area contributed by atoms with Gasteiger partial charge in [-0.05, 0) is 13.0 Å². The summed E-state index contributed by atoms with van der Waals surface area (Å²) in [4.78, 5) is 4.44. The second-order valence-corrected chi connectivity index (χ2v) is 7.19. The maximum absolute atomic E-state index is 5.63. The minimum absolute atomic E-state index is 0. The number of hydrogen-bond acceptors (Lipinski definition) is 2. The van der Waals surface area contributed by atoms with Crippen LogP contribution < -0.4 is 23.0 Å². The molecule has 1 heterocycles. The third-order valence-electron chi connectivity index (χ3n) is 5.36. The van der Waals surface area contributed by atoms with Crippen molar-refractivity contribution in [3.05, 3.63) is 0 Å². The van der Waals surface area contributed by atoms with Crippen LogP contribution in [0.1, 0.15) is 84.5 Å². The Hall–Kier alpha value is 0.170. The predicted molar refractivity (Wildman–Crippen MR) is 97.2 cm³/mol. The van der Waals surface area contributed by atoms with Crippen molar-refractivity contribution in [1.82, 2.24) is 4.90 Å². The van der Waals surface area contributed by atoms with E-state index in [0.29, 0.717) is 6.17 Å². The van der Waals surface area contributed by atoms with E-state index in [-0.39, 0.29) is 12.4 Å². The van der Waals surface area contributed by atoms with Crippen LogP contribution in [0.3, 0.4) is 0 Å². The largest absolute Gasteiger partial charge is 1.00 e. The van der Waals surface area contributed by atoms with Crippen LogP contribution in [-0.2, 0) is 0 Å². The van der Waals surface area contributed by atoms with Crippen LogP contribution in [0, 0.1) is 0 Å². The quantitative estimate of drug-likeness (QED) is 0.427. The summed E-state index contributed by atoms with van der Waals surface area (Å²) in [5.41, 5.74) is 5.63. The first-order chi connectivity index (χ1) is 10.8. The van der Waals surface area contributed by atoms with E-state index in [1.165, 1.54) is 96.8 Å². The molecule has 1 rings (SSSR count). The zero-order valence-corrected chi connectivity index (χ0v) is 16.5. The third-order valence-corrected chi connectivity index (χ3v) is 5.36. The Morgan fingerprint density at radius 3 is 2.04 bits per heavy atom. The Labute approximate surface area is 151 Å². The molecule has 0 aliphatic carbocycles. The maximum atomic E-state index is 5.63. The second kappa shape index (κ2) is 15.7. The van der Waals surface area contributed by atoms with Crippen molar-refractivity contribution in [2.75, 3.05) is 32.7 Å². The third kappa shape index (κ3) is 10.6. The van der Waals surface area contributed by atoms with Crippen molar-refractivity contribution in [3.63, 3.8) is 0 Å². The SMILES string of the molecule is CCCCCCCCCCCCN1CC[NH+](CCCN)C1C.[Cl-]. The van der Waals surface area contributed by atoms with E-state index in [1.54, 1.807) is 4.90 Å². The van der Waals surface area contributed by atoms with E-state index in [1.807, 2.05) is 0 Å². The van der Waals surface area contributed by atoms with Crippen LogP contribution in [0.4, 0.5) is 0 Å². The molecule has 3 N–H and O–H groups in total. The van der Waals surface area contributed by atoms with Gasteiger partial charge in [0.05, 0.1) is 19.6 Å². The van der Waals surface area contributed by atoms with E-state index in [4.69, 9.17) is 5.73 Å². The Kier molecular flexibility index (Phi) is 15.8. The number of halogens is 1. The van der Waals surface area contributed by atoms with Gasteiger partial charge in [0.1, 0.15) is 6.17 Å². The first-order valence-corrected chi connectivity index (χ1v) is 10.1. The highest BCUT2D eigenvalue weighted by atomic mass is 35.5. The average molecular weight is 348 g/mol. The van der Waals surface area contributed by atoms with Gasteiger partial charge in [0, 0.05) is 19.9 Å². The molecule has 0 amide bonds. The van der Waals surface area contributed by atoms with Crippen molar-refractivity contribution in [3.8, 4) is 0 Å². The van der Waals surface area contributed by atoms with E-state index >= 15 is 0 Å². The van der Waals surface area contributed by atoms with Crippen LogP contribution in [0.2, 0.25) is 0 Å². The molecule has 0 bridgehead atoms. The number of nitrogens with zero attached hydrogens (tertiary/aromatic N) is 1. The van der Waals surface area contributed by atoms with Crippen molar-refractivity contribution in [2.24, 2.45) is 5.73 Å². The lowest BCUT2D eigenvalue weighted by Gasteiger charge is -2.23. The maximum Gasteiger partial charge on any atom is 0.141 e. The number of rotatable bonds is 14. The molecule has 2 atom stereocenters. The van der Waals surface area contributed by atoms with Crippen molar-refractivity contribution in [1.29, 1.82) is 0 Å². The topological polar surface area (TPSA) is 33.7 Å². The summed E-state index contributed by atoms with van der Waals surface area (Å²) in [6.07, 6.45) is 16.2. The van der Waals surface area contributed by atoms with Crippen molar-refractivity contribution in [2.45, 2.75) is 90.6 Å². The van der Waals surface area contributed by atoms with Gasteiger partial charge in [0.15, 0.2) is 0 Å². The number of hydrogen-bond donors (Lipinski definition) is 2. The zero-order chi connectivity index (χ0) is 16.0. The molecule has 1 saturated heterocycles. The average Bonchev–Trinajstić information content (AvgIpc) is 2.87. The standard InChI is InChI=1S/C19H41N3.ClH/c1-3-4-5-6-7-8-9-10-11-12-15-21-17-18-22(19(21)2)16-13-14-20;/h19H,3-18,20H2,1-2H3;1H. The minimum Gasteiger partial charge on any atom is -1.00 e. The molecule has 0 saturated carbocycles. The fraction of sp³-hybridized carbons (Fsp3) is 1.00. The van der Waals surface area contributed by atoms with E-state index in [2.05, 4.69) is 18.7 Å². The summed E-state index contributed by atoms with van der Waals surface area (Å²) in [6.45, 7) is 10.7. The fourth-order valence-electron chi connectivity index (χ4n) is 3.72. The molecule has 140 valence electrons. The van der Waals surface area contributed by atoms with Gasteiger partial charge in [0.2, 0.25) is 0 Å². The van der Waals surface area contributed by atoms with Crippen LogP contribution in [-0.4, -0.2) is 43.8 Å². The van der Waals surface area contributed by atoms with E-state index < -0.39 is 0 Å². The van der Waals surface area contributed by atoms with Gasteiger partial charge in [-0.25, -0.2) is 4.90 Å². The van der Waals surface area contributed by atoms with Gasteiger partial charge in [-0.3, -0.25) is 0 Å². The lowest BCUT2D eigenvalue weighted by molar-refractivity contribution is -0.916. The van der Waals surface area contributed by atoms with Gasteiger partial charge >= 0.3 is 0 Å².